The highest BCUT2D eigenvalue weighted by molar-refractivity contribution is 7.18. The number of aromatic nitrogens is 1. The summed E-state index contributed by atoms with van der Waals surface area (Å²) in [5.41, 5.74) is 6.16. The number of carbonyl (C=O) groups excluding carboxylic acids is 1. The van der Waals surface area contributed by atoms with E-state index < -0.39 is 0 Å². The molecule has 20 heavy (non-hydrogen) atoms. The highest BCUT2D eigenvalue weighted by Crippen LogP contribution is 2.37. The molecule has 5 nitrogen and oxygen atoms in total. The van der Waals surface area contributed by atoms with E-state index in [9.17, 15) is 4.79 Å². The summed E-state index contributed by atoms with van der Waals surface area (Å²) < 4.78 is 0. The molecule has 4 N–H and O–H groups in total. The van der Waals surface area contributed by atoms with Crippen LogP contribution in [0.4, 0.5) is 10.9 Å². The van der Waals surface area contributed by atoms with Crippen molar-refractivity contribution in [3.63, 3.8) is 0 Å². The van der Waals surface area contributed by atoms with Crippen LogP contribution in [0.25, 0.3) is 0 Å². The molecule has 1 aromatic heterocycles. The van der Waals surface area contributed by atoms with Crippen LogP contribution in [0.2, 0.25) is 0 Å². The second-order valence-corrected chi connectivity index (χ2v) is 7.24. The largest absolute Gasteiger partial charge is 0.382 e. The summed E-state index contributed by atoms with van der Waals surface area (Å²) in [7, 11) is 0. The third-order valence-electron chi connectivity index (χ3n) is 3.69. The molecule has 0 aliphatic heterocycles. The number of nitrogen functional groups attached to an aromatic ring is 1. The van der Waals surface area contributed by atoms with E-state index in [4.69, 9.17) is 5.73 Å². The SMILES string of the molecule is CCCNc1nc(N)c(C(=O)NC2CCC(C)(C)C2)s1. The second kappa shape index (κ2) is 5.99. The number of thiazole rings is 1. The zero-order chi connectivity index (χ0) is 14.8. The van der Waals surface area contributed by atoms with E-state index in [-0.39, 0.29) is 11.9 Å². The van der Waals surface area contributed by atoms with Crippen LogP contribution in [-0.4, -0.2) is 23.5 Å². The molecule has 2 rings (SSSR count). The molecule has 1 aliphatic carbocycles. The number of amides is 1. The average molecular weight is 296 g/mol. The van der Waals surface area contributed by atoms with Gasteiger partial charge in [-0.3, -0.25) is 4.79 Å². The lowest BCUT2D eigenvalue weighted by molar-refractivity contribution is 0.0941. The Hall–Kier alpha value is -1.30. The average Bonchev–Trinajstić information content (AvgIpc) is 2.89. The number of nitrogens with zero attached hydrogens (tertiary/aromatic N) is 1. The van der Waals surface area contributed by atoms with Crippen LogP contribution >= 0.6 is 11.3 Å². The first-order chi connectivity index (χ1) is 9.41. The number of hydrogen-bond acceptors (Lipinski definition) is 5. The van der Waals surface area contributed by atoms with Crippen LogP contribution in [0.3, 0.4) is 0 Å². The molecule has 0 saturated heterocycles. The van der Waals surface area contributed by atoms with Gasteiger partial charge < -0.3 is 16.4 Å². The summed E-state index contributed by atoms with van der Waals surface area (Å²) in [5, 5.41) is 6.97. The van der Waals surface area contributed by atoms with Gasteiger partial charge in [-0.1, -0.05) is 32.1 Å². The maximum atomic E-state index is 12.3. The van der Waals surface area contributed by atoms with E-state index in [1.807, 2.05) is 0 Å². The number of nitrogens with one attached hydrogen (secondary N) is 2. The quantitative estimate of drug-likeness (QED) is 0.780. The van der Waals surface area contributed by atoms with Crippen molar-refractivity contribution in [1.29, 1.82) is 0 Å². The second-order valence-electron chi connectivity index (χ2n) is 6.24. The Morgan fingerprint density at radius 3 is 2.90 bits per heavy atom. The normalized spacial score (nSPS) is 20.9. The minimum atomic E-state index is -0.0905. The number of anilines is 2. The van der Waals surface area contributed by atoms with Crippen LogP contribution in [0.1, 0.15) is 56.1 Å². The zero-order valence-electron chi connectivity index (χ0n) is 12.5. The van der Waals surface area contributed by atoms with Crippen molar-refractivity contribution in [2.75, 3.05) is 17.6 Å². The number of nitrogens with two attached hydrogens (primary N) is 1. The van der Waals surface area contributed by atoms with Gasteiger partial charge in [0.15, 0.2) is 5.13 Å². The van der Waals surface area contributed by atoms with Crippen molar-refractivity contribution in [3.8, 4) is 0 Å². The molecular weight excluding hydrogens is 272 g/mol. The third-order valence-corrected chi connectivity index (χ3v) is 4.72. The molecule has 1 amide bonds. The van der Waals surface area contributed by atoms with E-state index in [0.29, 0.717) is 16.1 Å². The third kappa shape index (κ3) is 3.62. The fourth-order valence-corrected chi connectivity index (χ4v) is 3.43. The Labute approximate surface area is 124 Å². The Morgan fingerprint density at radius 2 is 2.30 bits per heavy atom. The monoisotopic (exact) mass is 296 g/mol. The van der Waals surface area contributed by atoms with Gasteiger partial charge in [0.25, 0.3) is 5.91 Å². The number of rotatable bonds is 5. The van der Waals surface area contributed by atoms with Gasteiger partial charge in [-0.2, -0.15) is 0 Å². The lowest BCUT2D eigenvalue weighted by Gasteiger charge is -2.17. The highest BCUT2D eigenvalue weighted by atomic mass is 32.1. The number of carbonyl (C=O) groups is 1. The van der Waals surface area contributed by atoms with Crippen molar-refractivity contribution in [3.05, 3.63) is 4.88 Å². The Kier molecular flexibility index (Phi) is 4.52. The molecule has 6 heteroatoms. The fourth-order valence-electron chi connectivity index (χ4n) is 2.61. The van der Waals surface area contributed by atoms with Gasteiger partial charge in [0, 0.05) is 12.6 Å². The lowest BCUT2D eigenvalue weighted by Crippen LogP contribution is -2.33. The Morgan fingerprint density at radius 1 is 1.55 bits per heavy atom. The van der Waals surface area contributed by atoms with E-state index in [0.717, 1.165) is 37.4 Å². The van der Waals surface area contributed by atoms with E-state index in [2.05, 4.69) is 36.4 Å². The van der Waals surface area contributed by atoms with Crippen molar-refractivity contribution >= 4 is 28.2 Å². The molecule has 0 aromatic carbocycles. The summed E-state index contributed by atoms with van der Waals surface area (Å²) in [5.74, 6) is 0.232. The Balaban J connectivity index is 1.97. The van der Waals surface area contributed by atoms with Gasteiger partial charge in [-0.15, -0.1) is 0 Å². The maximum absolute atomic E-state index is 12.3. The van der Waals surface area contributed by atoms with Crippen molar-refractivity contribution in [2.45, 2.75) is 52.5 Å². The standard InChI is InChI=1S/C14H24N4OS/c1-4-7-16-13-18-11(15)10(20-13)12(19)17-9-5-6-14(2,3)8-9/h9H,4-8,15H2,1-3H3,(H,16,18)(H,17,19). The maximum Gasteiger partial charge on any atom is 0.265 e. The summed E-state index contributed by atoms with van der Waals surface area (Å²) in [6.45, 7) is 7.41. The molecule has 112 valence electrons. The van der Waals surface area contributed by atoms with Gasteiger partial charge in [-0.25, -0.2) is 4.98 Å². The van der Waals surface area contributed by atoms with E-state index >= 15 is 0 Å². The number of hydrogen-bond donors (Lipinski definition) is 3. The highest BCUT2D eigenvalue weighted by Gasteiger charge is 2.32. The van der Waals surface area contributed by atoms with Crippen LogP contribution in [0, 0.1) is 5.41 Å². The molecule has 1 unspecified atom stereocenters. The first-order valence-corrected chi connectivity index (χ1v) is 8.04. The van der Waals surface area contributed by atoms with Crippen LogP contribution in [0.15, 0.2) is 0 Å². The molecule has 1 aromatic rings. The predicted octanol–water partition coefficient (Wildman–Crippen LogP) is 2.86. The summed E-state index contributed by atoms with van der Waals surface area (Å²) in [4.78, 5) is 17.0. The molecule has 1 fully saturated rings. The summed E-state index contributed by atoms with van der Waals surface area (Å²) in [6.07, 6.45) is 4.23. The molecular formula is C14H24N4OS. The van der Waals surface area contributed by atoms with Gasteiger partial charge in [0.1, 0.15) is 10.7 Å². The van der Waals surface area contributed by atoms with Crippen molar-refractivity contribution in [2.24, 2.45) is 5.41 Å². The van der Waals surface area contributed by atoms with Crippen LogP contribution < -0.4 is 16.4 Å². The molecule has 1 atom stereocenters. The van der Waals surface area contributed by atoms with E-state index in [1.54, 1.807) is 0 Å². The molecule has 0 radical (unpaired) electrons. The molecule has 1 saturated carbocycles. The summed E-state index contributed by atoms with van der Waals surface area (Å²) >= 11 is 1.33. The summed E-state index contributed by atoms with van der Waals surface area (Å²) in [6, 6.07) is 0.256. The van der Waals surface area contributed by atoms with Gasteiger partial charge >= 0.3 is 0 Å². The minimum Gasteiger partial charge on any atom is -0.382 e. The molecule has 1 aliphatic rings. The zero-order valence-corrected chi connectivity index (χ0v) is 13.3. The Bertz CT molecular complexity index is 484. The van der Waals surface area contributed by atoms with Crippen molar-refractivity contribution < 1.29 is 4.79 Å². The molecule has 0 bridgehead atoms. The minimum absolute atomic E-state index is 0.0905. The van der Waals surface area contributed by atoms with E-state index in [1.165, 1.54) is 11.3 Å². The van der Waals surface area contributed by atoms with Crippen LogP contribution in [-0.2, 0) is 0 Å². The topological polar surface area (TPSA) is 80.0 Å². The molecule has 0 spiro atoms. The predicted molar refractivity (Wildman–Crippen MR) is 84.2 cm³/mol. The molecule has 1 heterocycles. The fraction of sp³-hybridized carbons (Fsp3) is 0.714. The first kappa shape index (κ1) is 15.1. The smallest absolute Gasteiger partial charge is 0.265 e. The van der Waals surface area contributed by atoms with Gasteiger partial charge in [-0.05, 0) is 31.1 Å². The van der Waals surface area contributed by atoms with Gasteiger partial charge in [0.2, 0.25) is 0 Å². The van der Waals surface area contributed by atoms with Gasteiger partial charge in [0.05, 0.1) is 0 Å². The lowest BCUT2D eigenvalue weighted by atomic mass is 9.92. The first-order valence-electron chi connectivity index (χ1n) is 7.22. The van der Waals surface area contributed by atoms with Crippen LogP contribution in [0.5, 0.6) is 0 Å². The van der Waals surface area contributed by atoms with Crippen molar-refractivity contribution in [1.82, 2.24) is 10.3 Å².